The van der Waals surface area contributed by atoms with Crippen LogP contribution in [0.3, 0.4) is 0 Å². The first-order chi connectivity index (χ1) is 22.8. The summed E-state index contributed by atoms with van der Waals surface area (Å²) in [5.41, 5.74) is 10.1. The Morgan fingerprint density at radius 1 is 0.816 bits per heavy atom. The number of hydrogen-bond acceptors (Lipinski definition) is 3. The average Bonchev–Trinajstić information content (AvgIpc) is 3.44. The molecule has 0 aliphatic rings. The fourth-order valence-corrected chi connectivity index (χ4v) is 9.82. The van der Waals surface area contributed by atoms with Gasteiger partial charge in [-0.3, -0.25) is 0 Å². The average molecular weight is 890 g/mol. The first-order valence-electron chi connectivity index (χ1n) is 17.6. The number of aromatic nitrogens is 2. The number of rotatable bonds is 8. The van der Waals surface area contributed by atoms with Gasteiger partial charge in [0.2, 0.25) is 0 Å². The second-order valence-electron chi connectivity index (χ2n) is 15.5. The molecule has 0 aliphatic carbocycles. The molecule has 3 aromatic carbocycles. The fourth-order valence-electron chi connectivity index (χ4n) is 6.49. The summed E-state index contributed by atoms with van der Waals surface area (Å²) in [7, 11) is 0. The van der Waals surface area contributed by atoms with Crippen LogP contribution in [0.25, 0.3) is 44.5 Å². The second kappa shape index (κ2) is 16.3. The van der Waals surface area contributed by atoms with E-state index in [1.165, 1.54) is 16.7 Å². The molecule has 5 heteroatoms. The van der Waals surface area contributed by atoms with Gasteiger partial charge in [0, 0.05) is 31.7 Å². The van der Waals surface area contributed by atoms with Gasteiger partial charge in [0.1, 0.15) is 5.58 Å². The molecule has 3 nitrogen and oxygen atoms in total. The smallest absolute Gasteiger partial charge is 0.120 e. The van der Waals surface area contributed by atoms with Crippen molar-refractivity contribution in [2.45, 2.75) is 96.3 Å². The minimum absolute atomic E-state index is 0. The topological polar surface area (TPSA) is 38.9 Å². The van der Waals surface area contributed by atoms with Crippen LogP contribution in [0.2, 0.25) is 17.3 Å². The quantitative estimate of drug-likeness (QED) is 0.113. The van der Waals surface area contributed by atoms with E-state index < -0.39 is 13.3 Å². The zero-order valence-corrected chi connectivity index (χ0v) is 35.5. The molecule has 259 valence electrons. The van der Waals surface area contributed by atoms with Crippen LogP contribution in [0.4, 0.5) is 0 Å². The normalized spacial score (nSPS) is 11.9. The van der Waals surface area contributed by atoms with Crippen LogP contribution in [-0.2, 0) is 31.9 Å². The Kier molecular flexibility index (Phi) is 12.9. The third kappa shape index (κ3) is 9.20. The van der Waals surface area contributed by atoms with Gasteiger partial charge in [0.25, 0.3) is 0 Å². The summed E-state index contributed by atoms with van der Waals surface area (Å²) in [6, 6.07) is 32.0. The molecule has 0 fully saturated rings. The van der Waals surface area contributed by atoms with Gasteiger partial charge in [-0.25, -0.2) is 0 Å². The molecule has 0 bridgehead atoms. The second-order valence-corrected chi connectivity index (χ2v) is 26.1. The third-order valence-electron chi connectivity index (χ3n) is 9.21. The molecule has 6 rings (SSSR count). The number of benzene rings is 3. The predicted molar refractivity (Wildman–Crippen MR) is 208 cm³/mol. The van der Waals surface area contributed by atoms with Crippen molar-refractivity contribution in [1.82, 2.24) is 9.97 Å². The van der Waals surface area contributed by atoms with Gasteiger partial charge in [0.05, 0.1) is 5.58 Å². The van der Waals surface area contributed by atoms with E-state index in [-0.39, 0.29) is 25.5 Å². The Morgan fingerprint density at radius 3 is 2.20 bits per heavy atom. The zero-order valence-electron chi connectivity index (χ0n) is 31.0. The van der Waals surface area contributed by atoms with Gasteiger partial charge in [-0.15, -0.1) is 18.2 Å². The Balaban J connectivity index is 0.000000216. The summed E-state index contributed by atoms with van der Waals surface area (Å²) >= 11 is -1.91. The molecular weight excluding hydrogens is 837 g/mol. The number of pyridine rings is 2. The maximum Gasteiger partial charge on any atom is 0.120 e. The van der Waals surface area contributed by atoms with Crippen LogP contribution in [0.5, 0.6) is 0 Å². The van der Waals surface area contributed by atoms with Gasteiger partial charge in [-0.1, -0.05) is 54.6 Å². The third-order valence-corrected chi connectivity index (χ3v) is 13.5. The van der Waals surface area contributed by atoms with E-state index in [0.717, 1.165) is 63.7 Å². The van der Waals surface area contributed by atoms with Crippen LogP contribution >= 0.6 is 0 Å². The van der Waals surface area contributed by atoms with Crippen LogP contribution in [0, 0.1) is 18.1 Å². The summed E-state index contributed by atoms with van der Waals surface area (Å²) < 4.78 is 7.66. The Morgan fingerprint density at radius 2 is 1.53 bits per heavy atom. The van der Waals surface area contributed by atoms with E-state index in [1.54, 1.807) is 4.40 Å². The van der Waals surface area contributed by atoms with E-state index >= 15 is 0 Å². The van der Waals surface area contributed by atoms with E-state index in [1.807, 2.05) is 36.5 Å². The molecule has 0 unspecified atom stereocenters. The first-order valence-corrected chi connectivity index (χ1v) is 24.9. The monoisotopic (exact) mass is 891 g/mol. The number of nitrogens with zero attached hydrogens (tertiary/aromatic N) is 2. The summed E-state index contributed by atoms with van der Waals surface area (Å²) in [5.74, 6) is 8.59. The van der Waals surface area contributed by atoms with Crippen molar-refractivity contribution in [3.05, 3.63) is 114 Å². The standard InChI is InChI=1S/C22H32GeN.C22H20NO.Ir/c1-16(2)12-18-14-21(24-15-20(18)23(6,7)8)17-10-9-11-19(13-17)22(3,4)5;1-3-15(4-2)16-12-13-23-20(14-16)19-10-7-9-18-17-8-5-6-11-21(17)24-22(18)19;/h9,11,13-16H,12H2,1-8H3;5-9,11-15H,3-4H2,1-2H3;/q2*-1;. The van der Waals surface area contributed by atoms with Crippen molar-refractivity contribution in [3.63, 3.8) is 0 Å². The van der Waals surface area contributed by atoms with E-state index in [9.17, 15) is 0 Å². The van der Waals surface area contributed by atoms with Crippen LogP contribution < -0.4 is 4.40 Å². The van der Waals surface area contributed by atoms with E-state index in [4.69, 9.17) is 9.40 Å². The van der Waals surface area contributed by atoms with Gasteiger partial charge in [-0.05, 0) is 36.6 Å². The van der Waals surface area contributed by atoms with Gasteiger partial charge < -0.3 is 9.40 Å². The van der Waals surface area contributed by atoms with E-state index in [2.05, 4.69) is 132 Å². The molecule has 3 aromatic heterocycles. The number of para-hydroxylation sites is 1. The zero-order chi connectivity index (χ0) is 34.6. The molecule has 0 spiro atoms. The summed E-state index contributed by atoms with van der Waals surface area (Å²) in [6.07, 6.45) is 7.46. The van der Waals surface area contributed by atoms with Crippen molar-refractivity contribution in [1.29, 1.82) is 0 Å². The molecule has 0 saturated carbocycles. The first kappa shape index (κ1) is 38.7. The molecular formula is C44H52GeIrN2O-2. The van der Waals surface area contributed by atoms with Crippen molar-refractivity contribution in [3.8, 4) is 22.5 Å². The molecule has 0 saturated heterocycles. The van der Waals surface area contributed by atoms with Gasteiger partial charge >= 0.3 is 151 Å². The number of hydrogen-bond donors (Lipinski definition) is 0. The fraction of sp³-hybridized carbons (Fsp3) is 0.364. The van der Waals surface area contributed by atoms with Crippen LogP contribution in [0.1, 0.15) is 83.9 Å². The molecule has 0 N–H and O–H groups in total. The van der Waals surface area contributed by atoms with Crippen molar-refractivity contribution in [2.24, 2.45) is 5.92 Å². The maximum absolute atomic E-state index is 6.12. The Bertz CT molecular complexity index is 1990. The van der Waals surface area contributed by atoms with E-state index in [0.29, 0.717) is 11.8 Å². The molecule has 0 atom stereocenters. The van der Waals surface area contributed by atoms with Crippen molar-refractivity contribution in [2.75, 3.05) is 0 Å². The summed E-state index contributed by atoms with van der Waals surface area (Å²) in [5, 5.41) is 2.26. The predicted octanol–water partition coefficient (Wildman–Crippen LogP) is 11.9. The molecule has 6 aromatic rings. The number of furan rings is 1. The molecule has 49 heavy (non-hydrogen) atoms. The SMILES string of the molecule is CC(C)Cc1cc(-c2[c-]ccc(C(C)(C)C)c2)nc[c]1[Ge]([CH3])([CH3])[CH3].CCC(CC)c1ccnc(-c2[c-]ccc3c2oc2ccccc23)c1.[Ir]. The minimum atomic E-state index is -1.91. The molecule has 0 amide bonds. The number of fused-ring (bicyclic) bond motifs is 3. The van der Waals surface area contributed by atoms with Crippen molar-refractivity contribution < 1.29 is 24.5 Å². The minimum Gasteiger partial charge on any atom is -0.501 e. The Labute approximate surface area is 311 Å². The van der Waals surface area contributed by atoms with Crippen molar-refractivity contribution >= 4 is 39.6 Å². The molecule has 0 aliphatic heterocycles. The van der Waals surface area contributed by atoms with Gasteiger partial charge in [0.15, 0.2) is 0 Å². The summed E-state index contributed by atoms with van der Waals surface area (Å²) in [4.78, 5) is 9.41. The van der Waals surface area contributed by atoms with Crippen LogP contribution in [0.15, 0.2) is 89.6 Å². The molecule has 3 heterocycles. The maximum atomic E-state index is 6.12. The Hall–Kier alpha value is -3.05. The van der Waals surface area contributed by atoms with Crippen LogP contribution in [-0.4, -0.2) is 23.2 Å². The van der Waals surface area contributed by atoms with Gasteiger partial charge in [-0.2, -0.15) is 0 Å². The summed E-state index contributed by atoms with van der Waals surface area (Å²) in [6.45, 7) is 15.8. The molecule has 1 radical (unpaired) electrons. The largest absolute Gasteiger partial charge is 0.501 e.